The van der Waals surface area contributed by atoms with Crippen molar-refractivity contribution >= 4 is 11.8 Å². The van der Waals surface area contributed by atoms with Crippen molar-refractivity contribution in [1.82, 2.24) is 0 Å². The Bertz CT molecular complexity index is 327. The van der Waals surface area contributed by atoms with E-state index in [0.717, 1.165) is 12.1 Å². The molecule has 0 heterocycles. The maximum Gasteiger partial charge on any atom is 0.411 e. The molecule has 1 aromatic carbocycles. The van der Waals surface area contributed by atoms with Gasteiger partial charge in [-0.2, -0.15) is 0 Å². The predicted molar refractivity (Wildman–Crippen MR) is 41.9 cm³/mol. The average Bonchev–Trinajstić information content (AvgIpc) is 2.11. The molecule has 0 atom stereocenters. The van der Waals surface area contributed by atoms with Gasteiger partial charge in [-0.15, -0.1) is 0 Å². The number of methoxy groups -OCH3 is 1. The van der Waals surface area contributed by atoms with Crippen molar-refractivity contribution < 1.29 is 19.0 Å². The number of anilines is 1. The minimum Gasteiger partial charge on any atom is -0.870 e. The monoisotopic (exact) mass is 184 g/mol. The molecule has 5 heteroatoms. The molecule has 1 N–H and O–H groups in total. The summed E-state index contributed by atoms with van der Waals surface area (Å²) in [6, 6.07) is 3.25. The number of carbonyl (C=O) groups is 1. The van der Waals surface area contributed by atoms with E-state index in [-0.39, 0.29) is 5.69 Å². The van der Waals surface area contributed by atoms with Crippen LogP contribution >= 0.6 is 0 Å². The van der Waals surface area contributed by atoms with Crippen LogP contribution in [0.3, 0.4) is 0 Å². The summed E-state index contributed by atoms with van der Waals surface area (Å²) in [6.45, 7) is 0. The SMILES string of the molecule is COC(=O)Nc1ccc([O-])c(F)c1. The predicted octanol–water partition coefficient (Wildman–Crippen LogP) is 1.08. The third-order valence-electron chi connectivity index (χ3n) is 1.36. The second-order valence-corrected chi connectivity index (χ2v) is 2.26. The van der Waals surface area contributed by atoms with Gasteiger partial charge in [0.15, 0.2) is 0 Å². The number of ether oxygens (including phenoxy) is 1. The Balaban J connectivity index is 2.79. The van der Waals surface area contributed by atoms with Crippen LogP contribution in [0.5, 0.6) is 5.75 Å². The maximum absolute atomic E-state index is 12.6. The summed E-state index contributed by atoms with van der Waals surface area (Å²) in [5.41, 5.74) is 0.184. The standard InChI is InChI=1S/C8H8FNO3/c1-13-8(12)10-5-2-3-7(11)6(9)4-5/h2-4,11H,1H3,(H,10,12)/p-1. The lowest BCUT2D eigenvalue weighted by Gasteiger charge is -2.08. The van der Waals surface area contributed by atoms with Crippen molar-refractivity contribution in [2.24, 2.45) is 0 Å². The number of hydrogen-bond acceptors (Lipinski definition) is 3. The van der Waals surface area contributed by atoms with E-state index in [1.54, 1.807) is 0 Å². The molecule has 0 aromatic heterocycles. The number of nitrogens with one attached hydrogen (secondary N) is 1. The van der Waals surface area contributed by atoms with Gasteiger partial charge in [-0.3, -0.25) is 5.32 Å². The molecule has 0 radical (unpaired) electrons. The van der Waals surface area contributed by atoms with Crippen LogP contribution in [0.4, 0.5) is 14.9 Å². The highest BCUT2D eigenvalue weighted by atomic mass is 19.1. The molecule has 0 bridgehead atoms. The Labute approximate surface area is 73.9 Å². The van der Waals surface area contributed by atoms with Crippen LogP contribution < -0.4 is 10.4 Å². The van der Waals surface area contributed by atoms with Crippen molar-refractivity contribution in [1.29, 1.82) is 0 Å². The van der Waals surface area contributed by atoms with Crippen molar-refractivity contribution in [3.8, 4) is 5.75 Å². The first-order valence-electron chi connectivity index (χ1n) is 3.45. The molecular formula is C8H7FNO3-. The van der Waals surface area contributed by atoms with Crippen molar-refractivity contribution in [3.63, 3.8) is 0 Å². The maximum atomic E-state index is 12.6. The van der Waals surface area contributed by atoms with Gasteiger partial charge in [0, 0.05) is 5.69 Å². The Morgan fingerprint density at radius 1 is 1.62 bits per heavy atom. The summed E-state index contributed by atoms with van der Waals surface area (Å²) in [4.78, 5) is 10.6. The lowest BCUT2D eigenvalue weighted by molar-refractivity contribution is -0.272. The molecule has 1 amide bonds. The Hall–Kier alpha value is -1.78. The number of halogens is 1. The zero-order valence-corrected chi connectivity index (χ0v) is 6.83. The fourth-order valence-electron chi connectivity index (χ4n) is 0.747. The van der Waals surface area contributed by atoms with E-state index >= 15 is 0 Å². The normalized spacial score (nSPS) is 9.38. The van der Waals surface area contributed by atoms with Crippen LogP contribution in [0.25, 0.3) is 0 Å². The fourth-order valence-corrected chi connectivity index (χ4v) is 0.747. The average molecular weight is 184 g/mol. The number of hydrogen-bond donors (Lipinski definition) is 1. The van der Waals surface area contributed by atoms with Gasteiger partial charge in [-0.05, 0) is 12.1 Å². The molecule has 13 heavy (non-hydrogen) atoms. The molecule has 0 saturated heterocycles. The second-order valence-electron chi connectivity index (χ2n) is 2.26. The third-order valence-corrected chi connectivity index (χ3v) is 1.36. The molecule has 70 valence electrons. The molecule has 0 aliphatic carbocycles. The van der Waals surface area contributed by atoms with Crippen molar-refractivity contribution in [2.75, 3.05) is 12.4 Å². The summed E-state index contributed by atoms with van der Waals surface area (Å²) in [6.07, 6.45) is -0.710. The molecule has 0 spiro atoms. The van der Waals surface area contributed by atoms with Crippen LogP contribution in [0.15, 0.2) is 18.2 Å². The van der Waals surface area contributed by atoms with Gasteiger partial charge in [0.25, 0.3) is 0 Å². The largest absolute Gasteiger partial charge is 0.870 e. The van der Waals surface area contributed by atoms with E-state index in [1.165, 1.54) is 13.2 Å². The van der Waals surface area contributed by atoms with E-state index in [4.69, 9.17) is 0 Å². The van der Waals surface area contributed by atoms with E-state index in [2.05, 4.69) is 10.1 Å². The Morgan fingerprint density at radius 3 is 2.85 bits per heavy atom. The van der Waals surface area contributed by atoms with Gasteiger partial charge in [-0.25, -0.2) is 9.18 Å². The first kappa shape index (κ1) is 9.31. The molecular weight excluding hydrogens is 177 g/mol. The smallest absolute Gasteiger partial charge is 0.411 e. The van der Waals surface area contributed by atoms with Gasteiger partial charge in [-0.1, -0.05) is 11.8 Å². The number of amides is 1. The van der Waals surface area contributed by atoms with E-state index in [9.17, 15) is 14.3 Å². The lowest BCUT2D eigenvalue weighted by atomic mass is 10.3. The molecule has 4 nitrogen and oxygen atoms in total. The second kappa shape index (κ2) is 3.75. The minimum atomic E-state index is -0.908. The number of rotatable bonds is 1. The van der Waals surface area contributed by atoms with E-state index in [1.807, 2.05) is 0 Å². The first-order chi connectivity index (χ1) is 6.13. The fraction of sp³-hybridized carbons (Fsp3) is 0.125. The quantitative estimate of drug-likeness (QED) is 0.710. The first-order valence-corrected chi connectivity index (χ1v) is 3.45. The summed E-state index contributed by atoms with van der Waals surface area (Å²) < 4.78 is 16.9. The van der Waals surface area contributed by atoms with Gasteiger partial charge in [0.1, 0.15) is 5.82 Å². The van der Waals surface area contributed by atoms with Crippen LogP contribution in [0.2, 0.25) is 0 Å². The number of benzene rings is 1. The lowest BCUT2D eigenvalue weighted by Crippen LogP contribution is -2.11. The third kappa shape index (κ3) is 2.33. The topological polar surface area (TPSA) is 61.4 Å². The summed E-state index contributed by atoms with van der Waals surface area (Å²) in [7, 11) is 1.19. The van der Waals surface area contributed by atoms with Gasteiger partial charge in [0.05, 0.1) is 7.11 Å². The molecule has 1 aromatic rings. The molecule has 0 fully saturated rings. The van der Waals surface area contributed by atoms with E-state index < -0.39 is 17.7 Å². The summed E-state index contributed by atoms with van der Waals surface area (Å²) >= 11 is 0. The molecule has 0 aliphatic heterocycles. The Kier molecular flexibility index (Phi) is 2.69. The summed E-state index contributed by atoms with van der Waals surface area (Å²) in [5, 5.41) is 12.8. The van der Waals surface area contributed by atoms with E-state index in [0.29, 0.717) is 0 Å². The highest BCUT2D eigenvalue weighted by Crippen LogP contribution is 2.16. The van der Waals surface area contributed by atoms with Gasteiger partial charge >= 0.3 is 6.09 Å². The molecule has 0 aliphatic rings. The van der Waals surface area contributed by atoms with Gasteiger partial charge in [0.2, 0.25) is 0 Å². The van der Waals surface area contributed by atoms with Crippen LogP contribution in [0, 0.1) is 5.82 Å². The zero-order valence-electron chi connectivity index (χ0n) is 6.83. The summed E-state index contributed by atoms with van der Waals surface area (Å²) in [5.74, 6) is -1.62. The highest BCUT2D eigenvalue weighted by molar-refractivity contribution is 5.84. The van der Waals surface area contributed by atoms with Crippen LogP contribution in [-0.4, -0.2) is 13.2 Å². The van der Waals surface area contributed by atoms with Crippen molar-refractivity contribution in [3.05, 3.63) is 24.0 Å². The highest BCUT2D eigenvalue weighted by Gasteiger charge is 2.01. The molecule has 0 unspecified atom stereocenters. The molecule has 0 saturated carbocycles. The minimum absolute atomic E-state index is 0.184. The Morgan fingerprint density at radius 2 is 2.31 bits per heavy atom. The number of carbonyl (C=O) groups excluding carboxylic acids is 1. The van der Waals surface area contributed by atoms with Crippen molar-refractivity contribution in [2.45, 2.75) is 0 Å². The van der Waals surface area contributed by atoms with Gasteiger partial charge < -0.3 is 9.84 Å². The zero-order chi connectivity index (χ0) is 9.84. The van der Waals surface area contributed by atoms with Crippen LogP contribution in [-0.2, 0) is 4.74 Å². The van der Waals surface area contributed by atoms with Crippen LogP contribution in [0.1, 0.15) is 0 Å². The molecule has 1 rings (SSSR count).